The summed E-state index contributed by atoms with van der Waals surface area (Å²) >= 11 is 0. The molecule has 0 saturated carbocycles. The molecule has 0 aliphatic rings. The molecule has 2 rings (SSSR count). The number of aryl methyl sites for hydroxylation is 1. The fourth-order valence-corrected chi connectivity index (χ4v) is 2.09. The van der Waals surface area contributed by atoms with Crippen LogP contribution in [0.1, 0.15) is 39.7 Å². The van der Waals surface area contributed by atoms with Crippen molar-refractivity contribution in [1.82, 2.24) is 9.78 Å². The van der Waals surface area contributed by atoms with Crippen molar-refractivity contribution in [2.75, 3.05) is 6.61 Å². The van der Waals surface area contributed by atoms with Crippen molar-refractivity contribution in [2.24, 2.45) is 0 Å². The molecule has 0 fully saturated rings. The van der Waals surface area contributed by atoms with Gasteiger partial charge in [-0.15, -0.1) is 0 Å². The Kier molecular flexibility index (Phi) is 4.12. The molecule has 0 bridgehead atoms. The van der Waals surface area contributed by atoms with Crippen molar-refractivity contribution in [1.29, 1.82) is 0 Å². The van der Waals surface area contributed by atoms with Gasteiger partial charge in [0, 0.05) is 11.6 Å². The number of hydrogen-bond donors (Lipinski definition) is 0. The number of benzene rings is 1. The number of rotatable bonds is 4. The van der Waals surface area contributed by atoms with E-state index in [0.29, 0.717) is 19.6 Å². The molecule has 4 heteroatoms. The molecule has 0 atom stereocenters. The van der Waals surface area contributed by atoms with Crippen LogP contribution in [0.4, 0.5) is 0 Å². The van der Waals surface area contributed by atoms with Crippen molar-refractivity contribution in [3.05, 3.63) is 30.0 Å². The summed E-state index contributed by atoms with van der Waals surface area (Å²) in [6.07, 6.45) is 2.33. The zero-order valence-electron chi connectivity index (χ0n) is 12.6. The van der Waals surface area contributed by atoms with E-state index in [9.17, 15) is 4.79 Å². The summed E-state index contributed by atoms with van der Waals surface area (Å²) in [5, 5.41) is 5.63. The van der Waals surface area contributed by atoms with Gasteiger partial charge in [0.1, 0.15) is 0 Å². The van der Waals surface area contributed by atoms with Crippen LogP contribution in [0.25, 0.3) is 10.9 Å². The molecule has 1 aromatic carbocycles. The summed E-state index contributed by atoms with van der Waals surface area (Å²) in [4.78, 5) is 11.4. The highest BCUT2D eigenvalue weighted by Gasteiger charge is 2.14. The average Bonchev–Trinajstić information content (AvgIpc) is 2.77. The van der Waals surface area contributed by atoms with Gasteiger partial charge in [0.25, 0.3) is 0 Å². The Balaban J connectivity index is 2.15. The van der Waals surface area contributed by atoms with Crippen molar-refractivity contribution in [3.8, 4) is 0 Å². The molecule has 0 radical (unpaired) electrons. The maximum absolute atomic E-state index is 11.4. The summed E-state index contributed by atoms with van der Waals surface area (Å²) in [6.45, 7) is 9.35. The third-order valence-corrected chi connectivity index (χ3v) is 3.27. The molecule has 1 aromatic heterocycles. The predicted molar refractivity (Wildman–Crippen MR) is 79.7 cm³/mol. The van der Waals surface area contributed by atoms with E-state index < -0.39 is 0 Å². The first kappa shape index (κ1) is 14.6. The molecule has 20 heavy (non-hydrogen) atoms. The second-order valence-electron chi connectivity index (χ2n) is 5.97. The minimum atomic E-state index is -0.178. The number of ether oxygens (including phenoxy) is 1. The number of esters is 1. The third-order valence-electron chi connectivity index (χ3n) is 3.27. The van der Waals surface area contributed by atoms with Gasteiger partial charge >= 0.3 is 5.97 Å². The molecule has 0 aliphatic carbocycles. The third kappa shape index (κ3) is 3.38. The monoisotopic (exact) mass is 274 g/mol. The van der Waals surface area contributed by atoms with Crippen LogP contribution < -0.4 is 0 Å². The van der Waals surface area contributed by atoms with Crippen molar-refractivity contribution < 1.29 is 9.53 Å². The summed E-state index contributed by atoms with van der Waals surface area (Å²) in [7, 11) is 0. The van der Waals surface area contributed by atoms with Crippen LogP contribution in [-0.2, 0) is 21.5 Å². The number of hydrogen-bond acceptors (Lipinski definition) is 3. The quantitative estimate of drug-likeness (QED) is 0.804. The molecule has 2 aromatic rings. The number of nitrogens with zero attached hydrogens (tertiary/aromatic N) is 2. The van der Waals surface area contributed by atoms with Gasteiger partial charge in [-0.2, -0.15) is 5.10 Å². The van der Waals surface area contributed by atoms with E-state index in [1.807, 2.05) is 17.8 Å². The lowest BCUT2D eigenvalue weighted by Gasteiger charge is -2.18. The van der Waals surface area contributed by atoms with E-state index in [-0.39, 0.29) is 11.4 Å². The van der Waals surface area contributed by atoms with Crippen LogP contribution in [0.3, 0.4) is 0 Å². The molecule has 0 N–H and O–H groups in total. The van der Waals surface area contributed by atoms with E-state index in [4.69, 9.17) is 4.74 Å². The standard InChI is InChI=1S/C16H22N2O2/c1-5-20-15(19)8-9-18-11-12-6-7-13(16(2,3)4)10-14(12)17-18/h6-7,10-11H,5,8-9H2,1-4H3. The molecular formula is C16H22N2O2. The van der Waals surface area contributed by atoms with Crippen molar-refractivity contribution in [3.63, 3.8) is 0 Å². The Bertz CT molecular complexity index is 608. The number of fused-ring (bicyclic) bond motifs is 1. The molecule has 0 aliphatic heterocycles. The Morgan fingerprint density at radius 1 is 1.35 bits per heavy atom. The van der Waals surface area contributed by atoms with E-state index >= 15 is 0 Å². The minimum Gasteiger partial charge on any atom is -0.466 e. The minimum absolute atomic E-state index is 0.114. The van der Waals surface area contributed by atoms with Crippen LogP contribution in [0, 0.1) is 0 Å². The largest absolute Gasteiger partial charge is 0.466 e. The molecular weight excluding hydrogens is 252 g/mol. The first-order chi connectivity index (χ1) is 9.40. The Morgan fingerprint density at radius 2 is 2.10 bits per heavy atom. The normalized spacial score (nSPS) is 11.8. The fourth-order valence-electron chi connectivity index (χ4n) is 2.09. The van der Waals surface area contributed by atoms with E-state index in [1.165, 1.54) is 5.56 Å². The Morgan fingerprint density at radius 3 is 2.75 bits per heavy atom. The topological polar surface area (TPSA) is 44.1 Å². The van der Waals surface area contributed by atoms with E-state index in [2.05, 4.69) is 44.1 Å². The fraction of sp³-hybridized carbons (Fsp3) is 0.500. The zero-order chi connectivity index (χ0) is 14.8. The maximum Gasteiger partial charge on any atom is 0.307 e. The van der Waals surface area contributed by atoms with Gasteiger partial charge in [0.15, 0.2) is 0 Å². The molecule has 0 saturated heterocycles. The summed E-state index contributed by atoms with van der Waals surface area (Å²) in [5.74, 6) is -0.178. The lowest BCUT2D eigenvalue weighted by molar-refractivity contribution is -0.143. The van der Waals surface area contributed by atoms with Gasteiger partial charge in [0.2, 0.25) is 0 Å². The van der Waals surface area contributed by atoms with E-state index in [1.54, 1.807) is 0 Å². The van der Waals surface area contributed by atoms with Crippen LogP contribution in [0.2, 0.25) is 0 Å². The second-order valence-corrected chi connectivity index (χ2v) is 5.97. The molecule has 108 valence electrons. The highest BCUT2D eigenvalue weighted by atomic mass is 16.5. The van der Waals surface area contributed by atoms with Crippen LogP contribution in [-0.4, -0.2) is 22.4 Å². The Hall–Kier alpha value is -1.84. The second kappa shape index (κ2) is 5.65. The highest BCUT2D eigenvalue weighted by Crippen LogP contribution is 2.25. The molecule has 0 unspecified atom stereocenters. The number of carbonyl (C=O) groups excluding carboxylic acids is 1. The van der Waals surface area contributed by atoms with Crippen LogP contribution >= 0.6 is 0 Å². The van der Waals surface area contributed by atoms with Crippen molar-refractivity contribution in [2.45, 2.75) is 46.1 Å². The van der Waals surface area contributed by atoms with Gasteiger partial charge in [-0.05, 0) is 24.0 Å². The van der Waals surface area contributed by atoms with Crippen molar-refractivity contribution >= 4 is 16.9 Å². The van der Waals surface area contributed by atoms with Gasteiger partial charge in [-0.25, -0.2) is 0 Å². The van der Waals surface area contributed by atoms with Gasteiger partial charge in [-0.3, -0.25) is 9.48 Å². The maximum atomic E-state index is 11.4. The summed E-state index contributed by atoms with van der Waals surface area (Å²) in [5.41, 5.74) is 2.35. The first-order valence-electron chi connectivity index (χ1n) is 7.03. The van der Waals surface area contributed by atoms with Crippen LogP contribution in [0.15, 0.2) is 24.4 Å². The summed E-state index contributed by atoms with van der Waals surface area (Å²) < 4.78 is 6.73. The molecule has 0 spiro atoms. The van der Waals surface area contributed by atoms with Gasteiger partial charge < -0.3 is 4.74 Å². The van der Waals surface area contributed by atoms with Gasteiger partial charge in [0.05, 0.1) is 25.1 Å². The molecule has 1 heterocycles. The SMILES string of the molecule is CCOC(=O)CCn1cc2ccc(C(C)(C)C)cc2n1. The van der Waals surface area contributed by atoms with Crippen LogP contribution in [0.5, 0.6) is 0 Å². The van der Waals surface area contributed by atoms with Gasteiger partial charge in [-0.1, -0.05) is 32.9 Å². The average molecular weight is 274 g/mol. The highest BCUT2D eigenvalue weighted by molar-refractivity contribution is 5.79. The molecule has 0 amide bonds. The lowest BCUT2D eigenvalue weighted by Crippen LogP contribution is -2.10. The summed E-state index contributed by atoms with van der Waals surface area (Å²) in [6, 6.07) is 6.35. The smallest absolute Gasteiger partial charge is 0.307 e. The predicted octanol–water partition coefficient (Wildman–Crippen LogP) is 3.29. The molecule has 4 nitrogen and oxygen atoms in total. The number of aromatic nitrogens is 2. The zero-order valence-corrected chi connectivity index (χ0v) is 12.6. The number of carbonyl (C=O) groups is 1. The van der Waals surface area contributed by atoms with E-state index in [0.717, 1.165) is 10.9 Å². The first-order valence-corrected chi connectivity index (χ1v) is 7.03. The Labute approximate surface area is 119 Å². The lowest BCUT2D eigenvalue weighted by atomic mass is 9.87.